The maximum Gasteiger partial charge on any atom is 0.374 e. The first kappa shape index (κ1) is 15.3. The van der Waals surface area contributed by atoms with Gasteiger partial charge < -0.3 is 9.47 Å². The predicted octanol–water partition coefficient (Wildman–Crippen LogP) is 3.19. The molecule has 1 aliphatic heterocycles. The average molecular weight is 288 g/mol. The molecule has 1 aromatic carbocycles. The van der Waals surface area contributed by atoms with Gasteiger partial charge in [0, 0.05) is 0 Å². The highest BCUT2D eigenvalue weighted by atomic mass is 16.6. The zero-order valence-corrected chi connectivity index (χ0v) is 12.4. The molecule has 1 aliphatic rings. The Balaban J connectivity index is 2.31. The molecule has 0 unspecified atom stereocenters. The van der Waals surface area contributed by atoms with Crippen molar-refractivity contribution in [1.29, 1.82) is 0 Å². The zero-order valence-electron chi connectivity index (χ0n) is 12.4. The van der Waals surface area contributed by atoms with Crippen LogP contribution in [0.5, 0.6) is 0 Å². The van der Waals surface area contributed by atoms with Crippen molar-refractivity contribution in [3.63, 3.8) is 0 Å². The standard InChI is InChI=1S/C17H20O4/c1-3-8-13-11-14(16(18)20-4-2)21-17(19)15(13)12-9-6-5-7-10-12/h5-7,9-11,13,15H,3-4,8H2,1-2H3/t13-,15-/m0/s1. The molecule has 0 amide bonds. The lowest BCUT2D eigenvalue weighted by Gasteiger charge is -2.28. The van der Waals surface area contributed by atoms with Crippen LogP contribution in [0.3, 0.4) is 0 Å². The quantitative estimate of drug-likeness (QED) is 0.781. The number of allylic oxidation sites excluding steroid dienone is 1. The van der Waals surface area contributed by atoms with Gasteiger partial charge in [0.25, 0.3) is 0 Å². The molecule has 0 N–H and O–H groups in total. The number of hydrogen-bond acceptors (Lipinski definition) is 4. The average Bonchev–Trinajstić information content (AvgIpc) is 2.48. The van der Waals surface area contributed by atoms with E-state index in [4.69, 9.17) is 9.47 Å². The molecule has 0 fully saturated rings. The first-order chi connectivity index (χ1) is 10.2. The Bertz CT molecular complexity index is 533. The molecule has 0 saturated heterocycles. The molecule has 1 heterocycles. The number of hydrogen-bond donors (Lipinski definition) is 0. The first-order valence-corrected chi connectivity index (χ1v) is 7.33. The molecule has 0 aromatic heterocycles. The van der Waals surface area contributed by atoms with Crippen LogP contribution in [-0.4, -0.2) is 18.5 Å². The van der Waals surface area contributed by atoms with Gasteiger partial charge in [-0.3, -0.25) is 4.79 Å². The monoisotopic (exact) mass is 288 g/mol. The van der Waals surface area contributed by atoms with Gasteiger partial charge in [0.1, 0.15) is 0 Å². The Kier molecular flexibility index (Phi) is 5.14. The third kappa shape index (κ3) is 3.51. The SMILES string of the molecule is CCC[C@H]1C=C(C(=O)OCC)OC(=O)[C@H]1c1ccccc1. The minimum Gasteiger partial charge on any atom is -0.460 e. The Morgan fingerprint density at radius 3 is 2.57 bits per heavy atom. The summed E-state index contributed by atoms with van der Waals surface area (Å²) in [4.78, 5) is 24.1. The van der Waals surface area contributed by atoms with E-state index in [1.54, 1.807) is 13.0 Å². The van der Waals surface area contributed by atoms with Gasteiger partial charge in [-0.25, -0.2) is 4.79 Å². The van der Waals surface area contributed by atoms with E-state index in [1.807, 2.05) is 30.3 Å². The van der Waals surface area contributed by atoms with E-state index < -0.39 is 5.97 Å². The van der Waals surface area contributed by atoms with Gasteiger partial charge in [-0.2, -0.15) is 0 Å². The fourth-order valence-electron chi connectivity index (χ4n) is 2.61. The van der Waals surface area contributed by atoms with Crippen LogP contribution in [0.4, 0.5) is 0 Å². The van der Waals surface area contributed by atoms with Crippen LogP contribution >= 0.6 is 0 Å². The van der Waals surface area contributed by atoms with E-state index in [-0.39, 0.29) is 30.2 Å². The van der Waals surface area contributed by atoms with Crippen LogP contribution in [0.1, 0.15) is 38.2 Å². The smallest absolute Gasteiger partial charge is 0.374 e. The second-order valence-electron chi connectivity index (χ2n) is 5.01. The Hall–Kier alpha value is -2.10. The predicted molar refractivity (Wildman–Crippen MR) is 78.4 cm³/mol. The van der Waals surface area contributed by atoms with Crippen molar-refractivity contribution < 1.29 is 19.1 Å². The van der Waals surface area contributed by atoms with Gasteiger partial charge in [-0.1, -0.05) is 43.7 Å². The highest BCUT2D eigenvalue weighted by molar-refractivity contribution is 5.92. The highest BCUT2D eigenvalue weighted by Gasteiger charge is 2.36. The van der Waals surface area contributed by atoms with Crippen molar-refractivity contribution in [3.8, 4) is 0 Å². The van der Waals surface area contributed by atoms with Crippen LogP contribution in [0.15, 0.2) is 42.2 Å². The second kappa shape index (κ2) is 7.07. The summed E-state index contributed by atoms with van der Waals surface area (Å²) in [6.45, 7) is 4.04. The number of ether oxygens (including phenoxy) is 2. The van der Waals surface area contributed by atoms with Crippen LogP contribution in [0.2, 0.25) is 0 Å². The largest absolute Gasteiger partial charge is 0.460 e. The summed E-state index contributed by atoms with van der Waals surface area (Å²) < 4.78 is 10.1. The molecule has 4 nitrogen and oxygen atoms in total. The van der Waals surface area contributed by atoms with Gasteiger partial charge in [0.05, 0.1) is 12.5 Å². The lowest BCUT2D eigenvalue weighted by atomic mass is 9.81. The minimum atomic E-state index is -0.571. The summed E-state index contributed by atoms with van der Waals surface area (Å²) in [6.07, 6.45) is 3.48. The van der Waals surface area contributed by atoms with Crippen LogP contribution in [0, 0.1) is 5.92 Å². The number of carbonyl (C=O) groups excluding carboxylic acids is 2. The molecule has 0 bridgehead atoms. The Morgan fingerprint density at radius 2 is 1.95 bits per heavy atom. The molecule has 4 heteroatoms. The van der Waals surface area contributed by atoms with Gasteiger partial charge in [0.2, 0.25) is 5.76 Å². The number of cyclic esters (lactones) is 1. The molecule has 21 heavy (non-hydrogen) atoms. The molecule has 0 saturated carbocycles. The molecule has 0 spiro atoms. The van der Waals surface area contributed by atoms with Gasteiger partial charge >= 0.3 is 11.9 Å². The van der Waals surface area contributed by atoms with Gasteiger partial charge in [0.15, 0.2) is 0 Å². The normalized spacial score (nSPS) is 21.4. The number of rotatable bonds is 5. The minimum absolute atomic E-state index is 0.0208. The number of esters is 2. The maximum atomic E-state index is 12.3. The van der Waals surface area contributed by atoms with Crippen molar-refractivity contribution in [3.05, 3.63) is 47.7 Å². The highest BCUT2D eigenvalue weighted by Crippen LogP contribution is 2.35. The summed E-state index contributed by atoms with van der Waals surface area (Å²) in [5.41, 5.74) is 0.917. The summed E-state index contributed by atoms with van der Waals surface area (Å²) in [5.74, 6) is -1.33. The van der Waals surface area contributed by atoms with Gasteiger partial charge in [-0.15, -0.1) is 0 Å². The van der Waals surface area contributed by atoms with Crippen LogP contribution in [-0.2, 0) is 19.1 Å². The van der Waals surface area contributed by atoms with Crippen molar-refractivity contribution in [2.24, 2.45) is 5.92 Å². The maximum absolute atomic E-state index is 12.3. The number of benzene rings is 1. The van der Waals surface area contributed by atoms with Crippen LogP contribution in [0.25, 0.3) is 0 Å². The van der Waals surface area contributed by atoms with Crippen molar-refractivity contribution in [2.45, 2.75) is 32.6 Å². The Labute approximate surface area is 124 Å². The zero-order chi connectivity index (χ0) is 15.2. The van der Waals surface area contributed by atoms with Crippen molar-refractivity contribution in [2.75, 3.05) is 6.61 Å². The molecular formula is C17H20O4. The van der Waals surface area contributed by atoms with E-state index in [0.29, 0.717) is 0 Å². The summed E-state index contributed by atoms with van der Waals surface area (Å²) in [6, 6.07) is 9.54. The topological polar surface area (TPSA) is 52.6 Å². The molecule has 2 atom stereocenters. The van der Waals surface area contributed by atoms with Crippen molar-refractivity contribution >= 4 is 11.9 Å². The Morgan fingerprint density at radius 1 is 1.24 bits per heavy atom. The van der Waals surface area contributed by atoms with E-state index in [1.165, 1.54) is 0 Å². The molecule has 2 rings (SSSR count). The lowest BCUT2D eigenvalue weighted by molar-refractivity contribution is -0.154. The van der Waals surface area contributed by atoms with E-state index in [0.717, 1.165) is 18.4 Å². The van der Waals surface area contributed by atoms with Crippen molar-refractivity contribution in [1.82, 2.24) is 0 Å². The summed E-state index contributed by atoms with van der Waals surface area (Å²) in [5, 5.41) is 0. The molecule has 1 aromatic rings. The first-order valence-electron chi connectivity index (χ1n) is 7.33. The fourth-order valence-corrected chi connectivity index (χ4v) is 2.61. The van der Waals surface area contributed by atoms with E-state index >= 15 is 0 Å². The number of carbonyl (C=O) groups is 2. The van der Waals surface area contributed by atoms with E-state index in [2.05, 4.69) is 6.92 Å². The summed E-state index contributed by atoms with van der Waals surface area (Å²) in [7, 11) is 0. The second-order valence-corrected chi connectivity index (χ2v) is 5.01. The molecular weight excluding hydrogens is 268 g/mol. The van der Waals surface area contributed by atoms with E-state index in [9.17, 15) is 9.59 Å². The van der Waals surface area contributed by atoms with Crippen LogP contribution < -0.4 is 0 Å². The third-order valence-electron chi connectivity index (χ3n) is 3.52. The lowest BCUT2D eigenvalue weighted by Crippen LogP contribution is -2.30. The molecule has 112 valence electrons. The summed E-state index contributed by atoms with van der Waals surface area (Å²) >= 11 is 0. The molecule has 0 radical (unpaired) electrons. The molecule has 0 aliphatic carbocycles. The third-order valence-corrected chi connectivity index (χ3v) is 3.52. The fraction of sp³-hybridized carbons (Fsp3) is 0.412. The van der Waals surface area contributed by atoms with Gasteiger partial charge in [-0.05, 0) is 30.9 Å².